The van der Waals surface area contributed by atoms with Crippen molar-refractivity contribution in [3.63, 3.8) is 0 Å². The Morgan fingerprint density at radius 3 is 2.95 bits per heavy atom. The minimum Gasteiger partial charge on any atom is -0.325 e. The van der Waals surface area contributed by atoms with E-state index in [4.69, 9.17) is 0 Å². The summed E-state index contributed by atoms with van der Waals surface area (Å²) in [7, 11) is -3.30. The normalized spacial score (nSPS) is 14.1. The van der Waals surface area contributed by atoms with Crippen LogP contribution in [0.4, 0.5) is 5.69 Å². The molecule has 0 radical (unpaired) electrons. The monoisotopic (exact) mass is 323 g/mol. The highest BCUT2D eigenvalue weighted by Gasteiger charge is 2.18. The van der Waals surface area contributed by atoms with Gasteiger partial charge in [-0.2, -0.15) is 0 Å². The van der Waals surface area contributed by atoms with Crippen molar-refractivity contribution >= 4 is 27.5 Å². The Bertz CT molecular complexity index is 732. The summed E-state index contributed by atoms with van der Waals surface area (Å²) in [5, 5.41) is 0.996. The number of aryl methyl sites for hydroxylation is 1. The fraction of sp³-hybridized carbons (Fsp3) is 0.357. The Morgan fingerprint density at radius 1 is 1.38 bits per heavy atom. The summed E-state index contributed by atoms with van der Waals surface area (Å²) in [6.45, 7) is 2.80. The summed E-state index contributed by atoms with van der Waals surface area (Å²) in [6.07, 6.45) is 2.58. The van der Waals surface area contributed by atoms with Crippen molar-refractivity contribution < 1.29 is 8.42 Å². The molecule has 0 spiro atoms. The van der Waals surface area contributed by atoms with Gasteiger partial charge in [-0.3, -0.25) is 4.72 Å². The number of sulfonamides is 1. The topological polar surface area (TPSA) is 64.0 Å². The molecule has 1 aromatic heterocycles. The molecule has 21 heavy (non-hydrogen) atoms. The number of nitrogens with zero attached hydrogens (tertiary/aromatic N) is 2. The predicted molar refractivity (Wildman–Crippen MR) is 86.1 cm³/mol. The molecule has 0 saturated heterocycles. The highest BCUT2D eigenvalue weighted by molar-refractivity contribution is 7.99. The van der Waals surface area contributed by atoms with E-state index in [2.05, 4.69) is 14.3 Å². The molecular weight excluding hydrogens is 306 g/mol. The summed E-state index contributed by atoms with van der Waals surface area (Å²) >= 11 is 1.72. The van der Waals surface area contributed by atoms with E-state index in [1.165, 1.54) is 0 Å². The molecule has 0 saturated carbocycles. The maximum atomic E-state index is 12.0. The molecule has 0 amide bonds. The number of fused-ring (bicyclic) bond motifs is 1. The molecular formula is C14H17N3O2S2. The molecule has 0 fully saturated rings. The first-order valence-corrected chi connectivity index (χ1v) is 9.53. The number of rotatable bonds is 5. The summed E-state index contributed by atoms with van der Waals surface area (Å²) in [5.41, 5.74) is 2.22. The molecule has 0 unspecified atom stereocenters. The number of hydrogen-bond donors (Lipinski definition) is 1. The summed E-state index contributed by atoms with van der Waals surface area (Å²) in [4.78, 5) is 4.59. The summed E-state index contributed by atoms with van der Waals surface area (Å²) in [6, 6.07) is 7.39. The third-order valence-electron chi connectivity index (χ3n) is 3.24. The van der Waals surface area contributed by atoms with Gasteiger partial charge < -0.3 is 4.57 Å². The average molecular weight is 323 g/mol. The van der Waals surface area contributed by atoms with E-state index in [1.54, 1.807) is 17.8 Å². The van der Waals surface area contributed by atoms with E-state index in [9.17, 15) is 8.42 Å². The number of para-hydroxylation sites is 1. The lowest BCUT2D eigenvalue weighted by Crippen LogP contribution is -2.16. The molecule has 2 heterocycles. The zero-order valence-electron chi connectivity index (χ0n) is 11.7. The molecule has 7 heteroatoms. The van der Waals surface area contributed by atoms with Crippen LogP contribution in [0.5, 0.6) is 0 Å². The van der Waals surface area contributed by atoms with E-state index in [0.29, 0.717) is 12.1 Å². The molecule has 1 N–H and O–H groups in total. The lowest BCUT2D eigenvalue weighted by molar-refractivity contribution is 0.600. The number of hydrogen-bond acceptors (Lipinski definition) is 4. The van der Waals surface area contributed by atoms with Crippen LogP contribution in [0.15, 0.2) is 35.6 Å². The van der Waals surface area contributed by atoms with Crippen molar-refractivity contribution in [3.8, 4) is 11.3 Å². The molecule has 2 aromatic rings. The van der Waals surface area contributed by atoms with Crippen LogP contribution in [0.2, 0.25) is 0 Å². The molecule has 5 nitrogen and oxygen atoms in total. The smallest absolute Gasteiger partial charge is 0.232 e. The zero-order valence-corrected chi connectivity index (χ0v) is 13.4. The maximum Gasteiger partial charge on any atom is 0.232 e. The van der Waals surface area contributed by atoms with Crippen molar-refractivity contribution in [3.05, 3.63) is 30.5 Å². The SMILES string of the molecule is CCCS(=O)(=O)Nc1ccccc1-c1cn2c(n1)SCC2. The minimum absolute atomic E-state index is 0.122. The van der Waals surface area contributed by atoms with Crippen LogP contribution < -0.4 is 4.72 Å². The van der Waals surface area contributed by atoms with Gasteiger partial charge in [0.25, 0.3) is 0 Å². The molecule has 0 atom stereocenters. The molecule has 3 rings (SSSR count). The van der Waals surface area contributed by atoms with Crippen LogP contribution in [0.3, 0.4) is 0 Å². The second-order valence-electron chi connectivity index (χ2n) is 4.92. The molecule has 1 aliphatic heterocycles. The van der Waals surface area contributed by atoms with Crippen molar-refractivity contribution in [2.24, 2.45) is 0 Å². The number of aromatic nitrogens is 2. The van der Waals surface area contributed by atoms with E-state index in [1.807, 2.05) is 31.3 Å². The van der Waals surface area contributed by atoms with Gasteiger partial charge >= 0.3 is 0 Å². The molecule has 1 aliphatic rings. The first kappa shape index (κ1) is 14.5. The average Bonchev–Trinajstić information content (AvgIpc) is 2.99. The van der Waals surface area contributed by atoms with Crippen LogP contribution in [0.1, 0.15) is 13.3 Å². The molecule has 112 valence electrons. The van der Waals surface area contributed by atoms with Crippen molar-refractivity contribution in [2.75, 3.05) is 16.2 Å². The van der Waals surface area contributed by atoms with Crippen LogP contribution >= 0.6 is 11.8 Å². The van der Waals surface area contributed by atoms with E-state index >= 15 is 0 Å². The van der Waals surface area contributed by atoms with Gasteiger partial charge in [-0.1, -0.05) is 36.9 Å². The maximum absolute atomic E-state index is 12.0. The first-order chi connectivity index (χ1) is 10.1. The number of benzene rings is 1. The van der Waals surface area contributed by atoms with Gasteiger partial charge in [0.2, 0.25) is 10.0 Å². The summed E-state index contributed by atoms with van der Waals surface area (Å²) < 4.78 is 28.7. The van der Waals surface area contributed by atoms with Crippen molar-refractivity contribution in [1.29, 1.82) is 0 Å². The standard InChI is InChI=1S/C14H17N3O2S2/c1-2-9-21(18,19)16-12-6-4-3-5-11(12)13-10-17-7-8-20-14(17)15-13/h3-6,10,16H,2,7-9H2,1H3. The van der Waals surface area contributed by atoms with Gasteiger partial charge in [0.05, 0.1) is 17.1 Å². The van der Waals surface area contributed by atoms with E-state index in [0.717, 1.165) is 28.7 Å². The van der Waals surface area contributed by atoms with Crippen LogP contribution in [0.25, 0.3) is 11.3 Å². The van der Waals surface area contributed by atoms with E-state index in [-0.39, 0.29) is 5.75 Å². The Hall–Kier alpha value is -1.47. The van der Waals surface area contributed by atoms with Gasteiger partial charge in [0.1, 0.15) is 0 Å². The predicted octanol–water partition coefficient (Wildman–Crippen LogP) is 2.81. The van der Waals surface area contributed by atoms with Crippen molar-refractivity contribution in [2.45, 2.75) is 25.0 Å². The molecule has 0 aliphatic carbocycles. The van der Waals surface area contributed by atoms with Crippen LogP contribution in [-0.4, -0.2) is 29.5 Å². The third kappa shape index (κ3) is 3.08. The lowest BCUT2D eigenvalue weighted by atomic mass is 10.1. The van der Waals surface area contributed by atoms with Crippen LogP contribution in [0, 0.1) is 0 Å². The number of imidazole rings is 1. The first-order valence-electron chi connectivity index (χ1n) is 6.89. The van der Waals surface area contributed by atoms with Gasteiger partial charge in [0, 0.05) is 24.1 Å². The molecule has 1 aromatic carbocycles. The number of anilines is 1. The lowest BCUT2D eigenvalue weighted by Gasteiger charge is -2.10. The fourth-order valence-corrected chi connectivity index (χ4v) is 4.42. The second kappa shape index (κ2) is 5.73. The van der Waals surface area contributed by atoms with Gasteiger partial charge in [-0.05, 0) is 12.5 Å². The largest absolute Gasteiger partial charge is 0.325 e. The Morgan fingerprint density at radius 2 is 2.19 bits per heavy atom. The Kier molecular flexibility index (Phi) is 3.95. The van der Waals surface area contributed by atoms with Gasteiger partial charge in [-0.25, -0.2) is 13.4 Å². The van der Waals surface area contributed by atoms with Gasteiger partial charge in [0.15, 0.2) is 5.16 Å². The van der Waals surface area contributed by atoms with Crippen molar-refractivity contribution in [1.82, 2.24) is 9.55 Å². The van der Waals surface area contributed by atoms with Gasteiger partial charge in [-0.15, -0.1) is 0 Å². The summed E-state index contributed by atoms with van der Waals surface area (Å²) in [5.74, 6) is 1.17. The zero-order chi connectivity index (χ0) is 14.9. The van der Waals surface area contributed by atoms with Crippen LogP contribution in [-0.2, 0) is 16.6 Å². The number of thioether (sulfide) groups is 1. The minimum atomic E-state index is -3.30. The molecule has 0 bridgehead atoms. The Labute approximate surface area is 128 Å². The highest BCUT2D eigenvalue weighted by atomic mass is 32.2. The number of nitrogens with one attached hydrogen (secondary N) is 1. The highest BCUT2D eigenvalue weighted by Crippen LogP contribution is 2.32. The third-order valence-corrected chi connectivity index (χ3v) is 5.69. The van der Waals surface area contributed by atoms with E-state index < -0.39 is 10.0 Å². The Balaban J connectivity index is 1.96. The fourth-order valence-electron chi connectivity index (χ4n) is 2.32. The quantitative estimate of drug-likeness (QED) is 0.919. The second-order valence-corrected chi connectivity index (χ2v) is 7.82.